The molecule has 2 aromatic rings. The van der Waals surface area contributed by atoms with E-state index in [2.05, 4.69) is 15.5 Å². The van der Waals surface area contributed by atoms with Gasteiger partial charge in [-0.2, -0.15) is 0 Å². The fraction of sp³-hybridized carbons (Fsp3) is 0.462. The summed E-state index contributed by atoms with van der Waals surface area (Å²) in [5.41, 5.74) is 1.18. The number of aliphatic hydroxyl groups excluding tert-OH is 1. The lowest BCUT2D eigenvalue weighted by Crippen LogP contribution is -2.50. The number of benzene rings is 2. The number of nitrogens with zero attached hydrogens (tertiary/aromatic N) is 2. The lowest BCUT2D eigenvalue weighted by atomic mass is 10.1. The molecule has 2 fully saturated rings. The summed E-state index contributed by atoms with van der Waals surface area (Å²) in [6.07, 6.45) is 0.443. The molecule has 188 valence electrons. The van der Waals surface area contributed by atoms with Gasteiger partial charge < -0.3 is 30.1 Å². The zero-order valence-corrected chi connectivity index (χ0v) is 19.9. The van der Waals surface area contributed by atoms with Crippen molar-refractivity contribution in [1.29, 1.82) is 0 Å². The number of para-hydroxylation sites is 1. The Balaban J connectivity index is 1.28. The van der Waals surface area contributed by atoms with Gasteiger partial charge >= 0.3 is 6.03 Å². The van der Waals surface area contributed by atoms with E-state index < -0.39 is 12.1 Å². The van der Waals surface area contributed by atoms with Crippen molar-refractivity contribution >= 4 is 17.6 Å². The molecule has 3 amide bonds. The van der Waals surface area contributed by atoms with Crippen molar-refractivity contribution in [2.24, 2.45) is 0 Å². The number of carbonyl (C=O) groups is 2. The monoisotopic (exact) mass is 482 g/mol. The third kappa shape index (κ3) is 7.42. The van der Waals surface area contributed by atoms with Gasteiger partial charge in [0.05, 0.1) is 25.4 Å². The summed E-state index contributed by atoms with van der Waals surface area (Å²) in [5.74, 6) is 0.410. The van der Waals surface area contributed by atoms with Crippen LogP contribution in [0.4, 0.5) is 10.5 Å². The van der Waals surface area contributed by atoms with Gasteiger partial charge in [0.15, 0.2) is 0 Å². The Bertz CT molecular complexity index is 950. The highest BCUT2D eigenvalue weighted by molar-refractivity contribution is 5.94. The molecule has 2 heterocycles. The van der Waals surface area contributed by atoms with E-state index in [1.54, 1.807) is 29.2 Å². The molecule has 4 rings (SSSR count). The van der Waals surface area contributed by atoms with Gasteiger partial charge in [-0.3, -0.25) is 9.69 Å². The predicted molar refractivity (Wildman–Crippen MR) is 133 cm³/mol. The van der Waals surface area contributed by atoms with Gasteiger partial charge in [0.2, 0.25) is 0 Å². The molecule has 0 spiro atoms. The SMILES string of the molecule is O=C(N[C@@H]1CN(C(=O)Nc2ccccc2)CCC[C@H]1O)c1ccc(OCCN2CCOCC2)cc1. The second kappa shape index (κ2) is 12.5. The van der Waals surface area contributed by atoms with Crippen LogP contribution >= 0.6 is 0 Å². The molecule has 0 aliphatic carbocycles. The molecule has 35 heavy (non-hydrogen) atoms. The van der Waals surface area contributed by atoms with Gasteiger partial charge in [-0.05, 0) is 49.2 Å². The molecule has 0 saturated carbocycles. The number of likely N-dealkylation sites (tertiary alicyclic amines) is 1. The van der Waals surface area contributed by atoms with E-state index in [1.165, 1.54) is 0 Å². The van der Waals surface area contributed by atoms with Crippen LogP contribution in [0, 0.1) is 0 Å². The van der Waals surface area contributed by atoms with E-state index in [1.807, 2.05) is 30.3 Å². The minimum Gasteiger partial charge on any atom is -0.492 e. The van der Waals surface area contributed by atoms with Crippen LogP contribution in [0.1, 0.15) is 23.2 Å². The van der Waals surface area contributed by atoms with Gasteiger partial charge in [0, 0.05) is 44.0 Å². The van der Waals surface area contributed by atoms with Crippen molar-refractivity contribution in [3.05, 3.63) is 60.2 Å². The summed E-state index contributed by atoms with van der Waals surface area (Å²) < 4.78 is 11.2. The first kappa shape index (κ1) is 25.0. The Hall–Kier alpha value is -3.14. The molecule has 2 saturated heterocycles. The number of morpholine rings is 1. The maximum absolute atomic E-state index is 12.9. The molecule has 9 heteroatoms. The minimum absolute atomic E-state index is 0.230. The third-order valence-electron chi connectivity index (χ3n) is 6.33. The first-order valence-electron chi connectivity index (χ1n) is 12.2. The summed E-state index contributed by atoms with van der Waals surface area (Å²) in [6.45, 7) is 5.50. The molecule has 2 aliphatic heterocycles. The molecular formula is C26H34N4O5. The highest BCUT2D eigenvalue weighted by atomic mass is 16.5. The Morgan fingerprint density at radius 1 is 1.03 bits per heavy atom. The van der Waals surface area contributed by atoms with E-state index in [9.17, 15) is 14.7 Å². The number of carbonyl (C=O) groups excluding carboxylic acids is 2. The summed E-state index contributed by atoms with van der Waals surface area (Å²) in [4.78, 5) is 29.6. The standard InChI is InChI=1S/C26H34N4O5/c31-24-7-4-12-30(26(33)27-21-5-2-1-3-6-21)19-23(24)28-25(32)20-8-10-22(11-9-20)35-18-15-29-13-16-34-17-14-29/h1-3,5-6,8-11,23-24,31H,4,7,12-19H2,(H,27,33)(H,28,32)/t23-,24-/m1/s1. The first-order valence-corrected chi connectivity index (χ1v) is 12.2. The van der Waals surface area contributed by atoms with Crippen molar-refractivity contribution < 1.29 is 24.2 Å². The summed E-state index contributed by atoms with van der Waals surface area (Å²) in [5, 5.41) is 16.4. The number of aliphatic hydroxyl groups is 1. The number of amides is 3. The van der Waals surface area contributed by atoms with Crippen LogP contribution in [0.3, 0.4) is 0 Å². The summed E-state index contributed by atoms with van der Waals surface area (Å²) in [7, 11) is 0. The Kier molecular flexibility index (Phi) is 8.94. The fourth-order valence-corrected chi connectivity index (χ4v) is 4.26. The van der Waals surface area contributed by atoms with Crippen LogP contribution in [0.5, 0.6) is 5.75 Å². The highest BCUT2D eigenvalue weighted by Crippen LogP contribution is 2.16. The lowest BCUT2D eigenvalue weighted by Gasteiger charge is -2.27. The van der Waals surface area contributed by atoms with Crippen LogP contribution in [-0.2, 0) is 4.74 Å². The number of hydrogen-bond acceptors (Lipinski definition) is 6. The molecule has 0 unspecified atom stereocenters. The van der Waals surface area contributed by atoms with E-state index in [0.717, 1.165) is 32.8 Å². The maximum Gasteiger partial charge on any atom is 0.321 e. The second-order valence-electron chi connectivity index (χ2n) is 8.86. The quantitative estimate of drug-likeness (QED) is 0.559. The molecule has 0 bridgehead atoms. The largest absolute Gasteiger partial charge is 0.492 e. The molecule has 9 nitrogen and oxygen atoms in total. The van der Waals surface area contributed by atoms with E-state index in [0.29, 0.717) is 43.0 Å². The third-order valence-corrected chi connectivity index (χ3v) is 6.33. The van der Waals surface area contributed by atoms with Crippen LogP contribution in [0.15, 0.2) is 54.6 Å². The van der Waals surface area contributed by atoms with Crippen LogP contribution in [0.25, 0.3) is 0 Å². The Morgan fingerprint density at radius 3 is 2.51 bits per heavy atom. The van der Waals surface area contributed by atoms with Crippen molar-refractivity contribution in [3.63, 3.8) is 0 Å². The summed E-state index contributed by atoms with van der Waals surface area (Å²) in [6, 6.07) is 15.4. The molecular weight excluding hydrogens is 448 g/mol. The van der Waals surface area contributed by atoms with Gasteiger partial charge in [-0.15, -0.1) is 0 Å². The van der Waals surface area contributed by atoms with Crippen molar-refractivity contribution in [2.45, 2.75) is 25.0 Å². The van der Waals surface area contributed by atoms with Gasteiger partial charge in [-0.25, -0.2) is 4.79 Å². The normalized spacial score (nSPS) is 21.1. The number of anilines is 1. The molecule has 0 aromatic heterocycles. The van der Waals surface area contributed by atoms with Crippen molar-refractivity contribution in [2.75, 3.05) is 57.9 Å². The van der Waals surface area contributed by atoms with Crippen LogP contribution < -0.4 is 15.4 Å². The van der Waals surface area contributed by atoms with Gasteiger partial charge in [-0.1, -0.05) is 18.2 Å². The van der Waals surface area contributed by atoms with Crippen LogP contribution in [-0.4, -0.2) is 91.5 Å². The topological polar surface area (TPSA) is 103 Å². The van der Waals surface area contributed by atoms with Crippen molar-refractivity contribution in [1.82, 2.24) is 15.1 Å². The Labute approximate surface area is 206 Å². The smallest absolute Gasteiger partial charge is 0.321 e. The first-order chi connectivity index (χ1) is 17.1. The zero-order valence-electron chi connectivity index (χ0n) is 19.9. The zero-order chi connectivity index (χ0) is 24.5. The number of urea groups is 1. The number of rotatable bonds is 7. The number of nitrogens with one attached hydrogen (secondary N) is 2. The lowest BCUT2D eigenvalue weighted by molar-refractivity contribution is 0.0322. The molecule has 2 atom stereocenters. The molecule has 3 N–H and O–H groups in total. The molecule has 2 aliphatic rings. The van der Waals surface area contributed by atoms with Gasteiger partial charge in [0.1, 0.15) is 12.4 Å². The fourth-order valence-electron chi connectivity index (χ4n) is 4.26. The Morgan fingerprint density at radius 2 is 1.77 bits per heavy atom. The molecule has 0 radical (unpaired) electrons. The predicted octanol–water partition coefficient (Wildman–Crippen LogP) is 2.18. The van der Waals surface area contributed by atoms with Crippen LogP contribution in [0.2, 0.25) is 0 Å². The summed E-state index contributed by atoms with van der Waals surface area (Å²) >= 11 is 0. The number of ether oxygens (including phenoxy) is 2. The van der Waals surface area contributed by atoms with E-state index in [4.69, 9.17) is 9.47 Å². The average Bonchev–Trinajstić information content (AvgIpc) is 3.07. The van der Waals surface area contributed by atoms with E-state index in [-0.39, 0.29) is 18.5 Å². The second-order valence-corrected chi connectivity index (χ2v) is 8.86. The van der Waals surface area contributed by atoms with Gasteiger partial charge in [0.25, 0.3) is 5.91 Å². The van der Waals surface area contributed by atoms with Crippen molar-refractivity contribution in [3.8, 4) is 5.75 Å². The van der Waals surface area contributed by atoms with E-state index >= 15 is 0 Å². The average molecular weight is 483 g/mol. The maximum atomic E-state index is 12.9. The highest BCUT2D eigenvalue weighted by Gasteiger charge is 2.29. The minimum atomic E-state index is -0.726. The molecule has 2 aromatic carbocycles. The number of hydrogen-bond donors (Lipinski definition) is 3.